The first kappa shape index (κ1) is 16.4. The molecule has 5 nitrogen and oxygen atoms in total. The van der Waals surface area contributed by atoms with Crippen molar-refractivity contribution in [2.24, 2.45) is 0 Å². The fourth-order valence-corrected chi connectivity index (χ4v) is 4.21. The van der Waals surface area contributed by atoms with Gasteiger partial charge in [0.1, 0.15) is 5.01 Å². The number of β-amino-alcohol motifs (C(OH)–C–C–N with tert-alkyl or cyclic N) is 1. The van der Waals surface area contributed by atoms with Gasteiger partial charge in [-0.05, 0) is 45.4 Å². The first-order valence-electron chi connectivity index (χ1n) is 8.00. The molecule has 0 saturated carbocycles. The number of rotatable bonds is 5. The molecule has 0 spiro atoms. The SMILES string of the molecule is CCOC(=O)[C@@](C)(O)CN1CCC[C@@H]1c1nc2ccccc2s1. The van der Waals surface area contributed by atoms with Crippen LogP contribution in [0.5, 0.6) is 0 Å². The quantitative estimate of drug-likeness (QED) is 0.852. The average Bonchev–Trinajstić information content (AvgIpc) is 3.12. The number of ether oxygens (including phenoxy) is 1. The molecule has 0 unspecified atom stereocenters. The van der Waals surface area contributed by atoms with Crippen molar-refractivity contribution in [3.8, 4) is 0 Å². The van der Waals surface area contributed by atoms with Gasteiger partial charge in [0.05, 0.1) is 22.9 Å². The number of fused-ring (bicyclic) bond motifs is 1. The van der Waals surface area contributed by atoms with Crippen LogP contribution >= 0.6 is 11.3 Å². The number of carbonyl (C=O) groups excluding carboxylic acids is 1. The smallest absolute Gasteiger partial charge is 0.339 e. The Hall–Kier alpha value is -1.50. The summed E-state index contributed by atoms with van der Waals surface area (Å²) in [7, 11) is 0. The van der Waals surface area contributed by atoms with Gasteiger partial charge in [-0.3, -0.25) is 4.90 Å². The van der Waals surface area contributed by atoms with E-state index >= 15 is 0 Å². The molecule has 1 fully saturated rings. The van der Waals surface area contributed by atoms with Gasteiger partial charge in [0.25, 0.3) is 0 Å². The molecule has 1 N–H and O–H groups in total. The second-order valence-electron chi connectivity index (χ2n) is 6.14. The van der Waals surface area contributed by atoms with Crippen LogP contribution in [0.1, 0.15) is 37.7 Å². The van der Waals surface area contributed by atoms with Crippen LogP contribution < -0.4 is 0 Å². The van der Waals surface area contributed by atoms with Crippen LogP contribution in [0.15, 0.2) is 24.3 Å². The maximum Gasteiger partial charge on any atom is 0.339 e. The highest BCUT2D eigenvalue weighted by Gasteiger charge is 2.39. The second kappa shape index (κ2) is 6.55. The standard InChI is InChI=1S/C17H22N2O3S/c1-3-22-16(20)17(2,21)11-19-10-6-8-13(19)15-18-12-7-4-5-9-14(12)23-15/h4-5,7,9,13,21H,3,6,8,10-11H2,1-2H3/t13-,17+/m1/s1. The van der Waals surface area contributed by atoms with Crippen molar-refractivity contribution in [2.45, 2.75) is 38.3 Å². The molecule has 0 radical (unpaired) electrons. The van der Waals surface area contributed by atoms with Gasteiger partial charge in [-0.1, -0.05) is 12.1 Å². The second-order valence-corrected chi connectivity index (χ2v) is 7.20. The summed E-state index contributed by atoms with van der Waals surface area (Å²) in [6.07, 6.45) is 2.04. The van der Waals surface area contributed by atoms with E-state index in [-0.39, 0.29) is 19.2 Å². The fourth-order valence-electron chi connectivity index (χ4n) is 3.07. The Labute approximate surface area is 139 Å². The number of likely N-dealkylation sites (tertiary alicyclic amines) is 1. The predicted octanol–water partition coefficient (Wildman–Crippen LogP) is 2.75. The minimum absolute atomic E-state index is 0.160. The zero-order valence-corrected chi connectivity index (χ0v) is 14.3. The monoisotopic (exact) mass is 334 g/mol. The largest absolute Gasteiger partial charge is 0.464 e. The highest BCUT2D eigenvalue weighted by molar-refractivity contribution is 7.18. The molecule has 124 valence electrons. The molecular formula is C17H22N2O3S. The number of hydrogen-bond acceptors (Lipinski definition) is 6. The van der Waals surface area contributed by atoms with Crippen molar-refractivity contribution in [3.05, 3.63) is 29.3 Å². The molecular weight excluding hydrogens is 312 g/mol. The Balaban J connectivity index is 1.78. The summed E-state index contributed by atoms with van der Waals surface area (Å²) in [4.78, 5) is 18.8. The summed E-state index contributed by atoms with van der Waals surface area (Å²) < 4.78 is 6.15. The molecule has 6 heteroatoms. The van der Waals surface area contributed by atoms with Crippen molar-refractivity contribution in [1.29, 1.82) is 0 Å². The van der Waals surface area contributed by atoms with Crippen LogP contribution in [0.4, 0.5) is 0 Å². The molecule has 1 aromatic carbocycles. The summed E-state index contributed by atoms with van der Waals surface area (Å²) >= 11 is 1.69. The van der Waals surface area contributed by atoms with Crippen LogP contribution in [0.3, 0.4) is 0 Å². The molecule has 3 rings (SSSR count). The Kier molecular flexibility index (Phi) is 4.66. The first-order chi connectivity index (χ1) is 11.0. The zero-order chi connectivity index (χ0) is 16.4. The number of thiazole rings is 1. The molecule has 1 saturated heterocycles. The Morgan fingerprint density at radius 3 is 3.04 bits per heavy atom. The minimum Gasteiger partial charge on any atom is -0.464 e. The summed E-state index contributed by atoms with van der Waals surface area (Å²) in [6, 6.07) is 8.26. The molecule has 2 aromatic rings. The number of carbonyl (C=O) groups is 1. The van der Waals surface area contributed by atoms with E-state index in [1.807, 2.05) is 18.2 Å². The topological polar surface area (TPSA) is 62.7 Å². The van der Waals surface area contributed by atoms with E-state index in [0.29, 0.717) is 0 Å². The number of esters is 1. The summed E-state index contributed by atoms with van der Waals surface area (Å²) in [5.41, 5.74) is -0.480. The number of nitrogens with zero attached hydrogens (tertiary/aromatic N) is 2. The molecule has 0 bridgehead atoms. The third-order valence-corrected chi connectivity index (χ3v) is 5.32. The molecule has 1 aromatic heterocycles. The van der Waals surface area contributed by atoms with Gasteiger partial charge >= 0.3 is 5.97 Å². The van der Waals surface area contributed by atoms with E-state index in [0.717, 1.165) is 29.9 Å². The van der Waals surface area contributed by atoms with Crippen molar-refractivity contribution in [3.63, 3.8) is 0 Å². The molecule has 23 heavy (non-hydrogen) atoms. The van der Waals surface area contributed by atoms with Crippen molar-refractivity contribution >= 4 is 27.5 Å². The zero-order valence-electron chi connectivity index (χ0n) is 13.5. The van der Waals surface area contributed by atoms with Gasteiger partial charge in [-0.25, -0.2) is 9.78 Å². The Bertz CT molecular complexity index is 665. The molecule has 0 amide bonds. The molecule has 0 aliphatic carbocycles. The summed E-state index contributed by atoms with van der Waals surface area (Å²) in [6.45, 7) is 4.67. The van der Waals surface area contributed by atoms with E-state index in [1.54, 1.807) is 18.3 Å². The van der Waals surface area contributed by atoms with Gasteiger partial charge in [0, 0.05) is 6.54 Å². The maximum atomic E-state index is 11.9. The lowest BCUT2D eigenvalue weighted by molar-refractivity contribution is -0.165. The minimum atomic E-state index is -1.49. The summed E-state index contributed by atoms with van der Waals surface area (Å²) in [5, 5.41) is 11.5. The third-order valence-electron chi connectivity index (χ3n) is 4.19. The third kappa shape index (κ3) is 3.39. The molecule has 1 aliphatic heterocycles. The van der Waals surface area contributed by atoms with Gasteiger partial charge < -0.3 is 9.84 Å². The van der Waals surface area contributed by atoms with E-state index in [1.165, 1.54) is 11.6 Å². The Morgan fingerprint density at radius 2 is 2.30 bits per heavy atom. The Morgan fingerprint density at radius 1 is 1.52 bits per heavy atom. The number of aromatic nitrogens is 1. The highest BCUT2D eigenvalue weighted by Crippen LogP contribution is 2.37. The van der Waals surface area contributed by atoms with Gasteiger partial charge in [0.2, 0.25) is 0 Å². The van der Waals surface area contributed by atoms with Gasteiger partial charge in [0.15, 0.2) is 5.60 Å². The lowest BCUT2D eigenvalue weighted by atomic mass is 10.1. The number of aliphatic hydroxyl groups is 1. The van der Waals surface area contributed by atoms with Crippen LogP contribution in [0.2, 0.25) is 0 Å². The van der Waals surface area contributed by atoms with E-state index in [4.69, 9.17) is 9.72 Å². The van der Waals surface area contributed by atoms with Gasteiger partial charge in [-0.2, -0.15) is 0 Å². The number of hydrogen-bond donors (Lipinski definition) is 1. The fraction of sp³-hybridized carbons (Fsp3) is 0.529. The van der Waals surface area contributed by atoms with Crippen LogP contribution in [0, 0.1) is 0 Å². The molecule has 2 atom stereocenters. The first-order valence-corrected chi connectivity index (χ1v) is 8.82. The van der Waals surface area contributed by atoms with E-state index in [9.17, 15) is 9.90 Å². The van der Waals surface area contributed by atoms with Crippen molar-refractivity contribution < 1.29 is 14.6 Å². The highest BCUT2D eigenvalue weighted by atomic mass is 32.1. The van der Waals surface area contributed by atoms with Crippen molar-refractivity contribution in [1.82, 2.24) is 9.88 Å². The number of para-hydroxylation sites is 1. The normalized spacial score (nSPS) is 21.4. The maximum absolute atomic E-state index is 11.9. The lowest BCUT2D eigenvalue weighted by Gasteiger charge is -2.30. The van der Waals surface area contributed by atoms with E-state index < -0.39 is 11.6 Å². The summed E-state index contributed by atoms with van der Waals surface area (Å²) in [5.74, 6) is -0.560. The van der Waals surface area contributed by atoms with E-state index in [2.05, 4.69) is 11.0 Å². The van der Waals surface area contributed by atoms with Crippen LogP contribution in [-0.4, -0.2) is 46.3 Å². The number of benzene rings is 1. The molecule has 1 aliphatic rings. The van der Waals surface area contributed by atoms with Crippen LogP contribution in [-0.2, 0) is 9.53 Å². The average molecular weight is 334 g/mol. The van der Waals surface area contributed by atoms with Gasteiger partial charge in [-0.15, -0.1) is 11.3 Å². The van der Waals surface area contributed by atoms with Crippen LogP contribution in [0.25, 0.3) is 10.2 Å². The predicted molar refractivity (Wildman–Crippen MR) is 90.4 cm³/mol. The molecule has 2 heterocycles. The lowest BCUT2D eigenvalue weighted by Crippen LogP contribution is -2.47. The van der Waals surface area contributed by atoms with Crippen molar-refractivity contribution in [2.75, 3.05) is 19.7 Å².